The second-order valence-electron chi connectivity index (χ2n) is 7.22. The smallest absolute Gasteiger partial charge is 0.300 e. The first-order valence-electron chi connectivity index (χ1n) is 9.99. The van der Waals surface area contributed by atoms with Gasteiger partial charge in [0.15, 0.2) is 0 Å². The predicted octanol–water partition coefficient (Wildman–Crippen LogP) is 5.08. The molecule has 4 nitrogen and oxygen atoms in total. The predicted molar refractivity (Wildman–Crippen MR) is 127 cm³/mol. The van der Waals surface area contributed by atoms with Crippen molar-refractivity contribution in [2.75, 3.05) is 32.6 Å². The summed E-state index contributed by atoms with van der Waals surface area (Å²) in [6.07, 6.45) is 0. The Hall–Kier alpha value is -3.10. The largest absolute Gasteiger partial charge is 0.383 e. The Morgan fingerprint density at radius 1 is 0.968 bits per heavy atom. The fraction of sp³-hybridized carbons (Fsp3) is 0.192. The van der Waals surface area contributed by atoms with Crippen LogP contribution in [0, 0.1) is 11.8 Å². The summed E-state index contributed by atoms with van der Waals surface area (Å²) in [4.78, 5) is 14.3. The summed E-state index contributed by atoms with van der Waals surface area (Å²) >= 11 is 5.94. The number of hydrogen-bond acceptors (Lipinski definition) is 3. The molecule has 0 spiro atoms. The molecule has 0 saturated carbocycles. The summed E-state index contributed by atoms with van der Waals surface area (Å²) in [5, 5.41) is 3.52. The van der Waals surface area contributed by atoms with Crippen molar-refractivity contribution in [3.63, 3.8) is 0 Å². The number of anilines is 1. The van der Waals surface area contributed by atoms with Crippen molar-refractivity contribution in [3.8, 4) is 23.0 Å². The van der Waals surface area contributed by atoms with Crippen molar-refractivity contribution < 1.29 is 9.53 Å². The normalized spacial score (nSPS) is 10.5. The molecule has 0 aromatic heterocycles. The second-order valence-corrected chi connectivity index (χ2v) is 7.65. The van der Waals surface area contributed by atoms with Crippen LogP contribution in [-0.4, -0.2) is 38.1 Å². The van der Waals surface area contributed by atoms with E-state index >= 15 is 0 Å². The standard InChI is InChI=1S/C26H25ClN2O2/c1-29(17-18-31-2)19-21-5-14-25(15-6-21)28-26(30)16-7-20-3-8-22(9-4-20)23-10-12-24(27)13-11-23/h3-6,8-15H,17-19H2,1-2H3,(H,28,30). The highest BCUT2D eigenvalue weighted by Crippen LogP contribution is 2.21. The number of halogens is 1. The first-order valence-corrected chi connectivity index (χ1v) is 10.4. The van der Waals surface area contributed by atoms with Gasteiger partial charge in [0.2, 0.25) is 0 Å². The van der Waals surface area contributed by atoms with E-state index in [0.717, 1.165) is 35.5 Å². The Bertz CT molecular complexity index is 1050. The van der Waals surface area contributed by atoms with Gasteiger partial charge >= 0.3 is 5.91 Å². The molecule has 1 N–H and O–H groups in total. The lowest BCUT2D eigenvalue weighted by atomic mass is 10.0. The maximum atomic E-state index is 12.2. The fourth-order valence-corrected chi connectivity index (χ4v) is 3.14. The third-order valence-corrected chi connectivity index (χ3v) is 4.98. The van der Waals surface area contributed by atoms with E-state index in [9.17, 15) is 4.79 Å². The van der Waals surface area contributed by atoms with Crippen LogP contribution in [0.15, 0.2) is 72.8 Å². The molecule has 3 aromatic rings. The summed E-state index contributed by atoms with van der Waals surface area (Å²) in [5.74, 6) is 5.21. The third-order valence-electron chi connectivity index (χ3n) is 4.72. The molecule has 0 aliphatic rings. The quantitative estimate of drug-likeness (QED) is 0.529. The van der Waals surface area contributed by atoms with Crippen LogP contribution in [0.1, 0.15) is 11.1 Å². The number of methoxy groups -OCH3 is 1. The van der Waals surface area contributed by atoms with E-state index in [-0.39, 0.29) is 5.91 Å². The summed E-state index contributed by atoms with van der Waals surface area (Å²) in [6.45, 7) is 2.39. The number of nitrogens with one attached hydrogen (secondary N) is 1. The Balaban J connectivity index is 1.54. The number of amides is 1. The highest BCUT2D eigenvalue weighted by atomic mass is 35.5. The molecule has 1 amide bonds. The molecule has 0 heterocycles. The van der Waals surface area contributed by atoms with Gasteiger partial charge in [0, 0.05) is 42.4 Å². The van der Waals surface area contributed by atoms with Gasteiger partial charge < -0.3 is 10.1 Å². The van der Waals surface area contributed by atoms with Gasteiger partial charge in [-0.25, -0.2) is 0 Å². The van der Waals surface area contributed by atoms with E-state index in [2.05, 4.69) is 22.1 Å². The van der Waals surface area contributed by atoms with Crippen molar-refractivity contribution in [3.05, 3.63) is 88.9 Å². The van der Waals surface area contributed by atoms with Gasteiger partial charge in [-0.05, 0) is 60.1 Å². The van der Waals surface area contributed by atoms with Gasteiger partial charge in [0.25, 0.3) is 0 Å². The summed E-state index contributed by atoms with van der Waals surface area (Å²) in [6, 6.07) is 23.2. The van der Waals surface area contributed by atoms with Crippen LogP contribution in [0.3, 0.4) is 0 Å². The molecule has 0 aliphatic heterocycles. The molecule has 5 heteroatoms. The average Bonchev–Trinajstić information content (AvgIpc) is 2.78. The van der Waals surface area contributed by atoms with Crippen molar-refractivity contribution in [1.29, 1.82) is 0 Å². The average molecular weight is 433 g/mol. The van der Waals surface area contributed by atoms with Crippen LogP contribution >= 0.6 is 11.6 Å². The third kappa shape index (κ3) is 7.27. The minimum absolute atomic E-state index is 0.341. The molecule has 3 aromatic carbocycles. The van der Waals surface area contributed by atoms with Crippen LogP contribution in [0.4, 0.5) is 5.69 Å². The molecule has 0 aliphatic carbocycles. The molecule has 0 radical (unpaired) electrons. The first-order chi connectivity index (χ1) is 15.0. The lowest BCUT2D eigenvalue weighted by Crippen LogP contribution is -2.22. The molecule has 158 valence electrons. The van der Waals surface area contributed by atoms with E-state index in [4.69, 9.17) is 16.3 Å². The number of carbonyl (C=O) groups is 1. The van der Waals surface area contributed by atoms with Gasteiger partial charge in [-0.15, -0.1) is 0 Å². The molecule has 0 fully saturated rings. The van der Waals surface area contributed by atoms with Gasteiger partial charge in [-0.2, -0.15) is 0 Å². The summed E-state index contributed by atoms with van der Waals surface area (Å²) in [5.41, 5.74) is 4.82. The number of carbonyl (C=O) groups excluding carboxylic acids is 1. The van der Waals surface area contributed by atoms with Gasteiger partial charge in [-0.3, -0.25) is 9.69 Å². The zero-order valence-corrected chi connectivity index (χ0v) is 18.4. The minimum atomic E-state index is -0.341. The fourth-order valence-electron chi connectivity index (χ4n) is 3.01. The molecule has 31 heavy (non-hydrogen) atoms. The van der Waals surface area contributed by atoms with E-state index in [1.165, 1.54) is 5.56 Å². The molecule has 0 unspecified atom stereocenters. The molecule has 0 saturated heterocycles. The maximum Gasteiger partial charge on any atom is 0.300 e. The van der Waals surface area contributed by atoms with Crippen LogP contribution in [0.5, 0.6) is 0 Å². The summed E-state index contributed by atoms with van der Waals surface area (Å²) < 4.78 is 5.09. The maximum absolute atomic E-state index is 12.2. The lowest BCUT2D eigenvalue weighted by Gasteiger charge is -2.16. The molecule has 0 atom stereocenters. The van der Waals surface area contributed by atoms with Crippen LogP contribution in [0.25, 0.3) is 11.1 Å². The van der Waals surface area contributed by atoms with Crippen LogP contribution in [-0.2, 0) is 16.1 Å². The Kier molecular flexibility index (Phi) is 8.26. The summed E-state index contributed by atoms with van der Waals surface area (Å²) in [7, 11) is 3.75. The number of hydrogen-bond donors (Lipinski definition) is 1. The number of ether oxygens (including phenoxy) is 1. The van der Waals surface area contributed by atoms with Gasteiger partial charge in [-0.1, -0.05) is 53.9 Å². The van der Waals surface area contributed by atoms with Gasteiger partial charge in [0.1, 0.15) is 0 Å². The zero-order valence-electron chi connectivity index (χ0n) is 17.7. The monoisotopic (exact) mass is 432 g/mol. The number of benzene rings is 3. The number of nitrogens with zero attached hydrogens (tertiary/aromatic N) is 1. The Morgan fingerprint density at radius 3 is 2.19 bits per heavy atom. The zero-order chi connectivity index (χ0) is 22.1. The van der Waals surface area contributed by atoms with Crippen LogP contribution in [0.2, 0.25) is 5.02 Å². The number of likely N-dealkylation sites (N-methyl/N-ethyl adjacent to an activating group) is 1. The van der Waals surface area contributed by atoms with Crippen molar-refractivity contribution in [1.82, 2.24) is 4.90 Å². The highest BCUT2D eigenvalue weighted by Gasteiger charge is 2.02. The molecule has 0 bridgehead atoms. The number of rotatable bonds is 7. The lowest BCUT2D eigenvalue weighted by molar-refractivity contribution is -0.111. The van der Waals surface area contributed by atoms with E-state index in [1.807, 2.05) is 79.8 Å². The first kappa shape index (κ1) is 22.6. The molecular weight excluding hydrogens is 408 g/mol. The Labute approximate surface area is 188 Å². The van der Waals surface area contributed by atoms with E-state index in [1.54, 1.807) is 7.11 Å². The van der Waals surface area contributed by atoms with Crippen molar-refractivity contribution in [2.24, 2.45) is 0 Å². The van der Waals surface area contributed by atoms with Gasteiger partial charge in [0.05, 0.1) is 6.61 Å². The minimum Gasteiger partial charge on any atom is -0.383 e. The Morgan fingerprint density at radius 2 is 1.58 bits per heavy atom. The van der Waals surface area contributed by atoms with E-state index in [0.29, 0.717) is 11.6 Å². The highest BCUT2D eigenvalue weighted by molar-refractivity contribution is 6.30. The van der Waals surface area contributed by atoms with Crippen molar-refractivity contribution in [2.45, 2.75) is 6.54 Å². The molecular formula is C26H25ClN2O2. The van der Waals surface area contributed by atoms with Crippen molar-refractivity contribution >= 4 is 23.2 Å². The van der Waals surface area contributed by atoms with E-state index < -0.39 is 0 Å². The van der Waals surface area contributed by atoms with Crippen LogP contribution < -0.4 is 5.32 Å². The molecule has 3 rings (SSSR count). The second kappa shape index (κ2) is 11.3. The topological polar surface area (TPSA) is 41.6 Å². The SMILES string of the molecule is COCCN(C)Cc1ccc(NC(=O)C#Cc2ccc(-c3ccc(Cl)cc3)cc2)cc1.